The van der Waals surface area contributed by atoms with Crippen LogP contribution in [0.2, 0.25) is 10.0 Å². The van der Waals surface area contributed by atoms with Gasteiger partial charge in [0.2, 0.25) is 0 Å². The van der Waals surface area contributed by atoms with Crippen LogP contribution in [0.25, 0.3) is 11.6 Å². The highest BCUT2D eigenvalue weighted by molar-refractivity contribution is 7.90. The molecule has 0 bridgehead atoms. The second kappa shape index (κ2) is 11.5. The van der Waals surface area contributed by atoms with Crippen LogP contribution in [-0.2, 0) is 26.9 Å². The Bertz CT molecular complexity index is 1760. The summed E-state index contributed by atoms with van der Waals surface area (Å²) < 4.78 is 28.0. The molecule has 0 radical (unpaired) electrons. The number of aryl methyl sites for hydroxylation is 1. The van der Waals surface area contributed by atoms with Gasteiger partial charge in [0, 0.05) is 45.3 Å². The third-order valence-corrected chi connectivity index (χ3v) is 8.76. The van der Waals surface area contributed by atoms with Crippen LogP contribution < -0.4 is 10.6 Å². The van der Waals surface area contributed by atoms with E-state index in [0.717, 1.165) is 0 Å². The average molecular weight is 615 g/mol. The Morgan fingerprint density at radius 3 is 2.66 bits per heavy atom. The Morgan fingerprint density at radius 2 is 1.95 bits per heavy atom. The average Bonchev–Trinajstić information content (AvgIpc) is 3.64. The molecule has 0 aliphatic carbocycles. The number of aromatic amines is 1. The van der Waals surface area contributed by atoms with Crippen LogP contribution >= 0.6 is 23.2 Å². The largest absolute Gasteiger partial charge is 0.389 e. The predicted molar refractivity (Wildman–Crippen MR) is 154 cm³/mol. The second-order valence-corrected chi connectivity index (χ2v) is 12.3. The number of aliphatic hydroxyl groups is 1. The van der Waals surface area contributed by atoms with Crippen molar-refractivity contribution in [3.8, 4) is 0 Å². The highest BCUT2D eigenvalue weighted by Gasteiger charge is 2.28. The van der Waals surface area contributed by atoms with Gasteiger partial charge < -0.3 is 20.7 Å². The number of aromatic nitrogens is 4. The summed E-state index contributed by atoms with van der Waals surface area (Å²) in [7, 11) is -3.89. The molecule has 212 valence electrons. The lowest BCUT2D eigenvalue weighted by Crippen LogP contribution is -2.34. The molecule has 0 fully saturated rings. The van der Waals surface area contributed by atoms with Gasteiger partial charge in [0.25, 0.3) is 11.8 Å². The lowest BCUT2D eigenvalue weighted by molar-refractivity contribution is -0.110. The zero-order chi connectivity index (χ0) is 29.3. The second-order valence-electron chi connectivity index (χ2n) is 9.45. The molecule has 11 nitrogen and oxygen atoms in total. The molecule has 2 aromatic heterocycles. The number of nitrogens with zero attached hydrogens (tertiary/aromatic N) is 3. The van der Waals surface area contributed by atoms with Crippen LogP contribution in [-0.4, -0.2) is 58.0 Å². The lowest BCUT2D eigenvalue weighted by Gasteiger charge is -2.11. The Labute approximate surface area is 245 Å². The van der Waals surface area contributed by atoms with Gasteiger partial charge in [0.05, 0.1) is 46.3 Å². The Balaban J connectivity index is 1.40. The summed E-state index contributed by atoms with van der Waals surface area (Å²) >= 11 is 12.4. The number of H-pyrrole nitrogens is 1. The first-order chi connectivity index (χ1) is 19.5. The number of halogens is 2. The number of rotatable bonds is 9. The van der Waals surface area contributed by atoms with Crippen LogP contribution in [0.4, 0.5) is 5.69 Å². The molecule has 5 rings (SSSR count). The highest BCUT2D eigenvalue weighted by atomic mass is 35.5. The van der Waals surface area contributed by atoms with Gasteiger partial charge in [0.1, 0.15) is 0 Å². The molecular weight excluding hydrogens is 591 g/mol. The van der Waals surface area contributed by atoms with Crippen molar-refractivity contribution < 1.29 is 23.1 Å². The number of aliphatic hydroxyl groups excluding tert-OH is 1. The lowest BCUT2D eigenvalue weighted by atomic mass is 10.0. The van der Waals surface area contributed by atoms with Crippen molar-refractivity contribution in [1.82, 2.24) is 25.3 Å². The summed E-state index contributed by atoms with van der Waals surface area (Å²) in [5.41, 5.74) is 2.52. The first kappa shape index (κ1) is 28.6. The summed E-state index contributed by atoms with van der Waals surface area (Å²) in [6.45, 7) is 1.86. The first-order valence-corrected chi connectivity index (χ1v) is 14.8. The van der Waals surface area contributed by atoms with E-state index >= 15 is 0 Å². The van der Waals surface area contributed by atoms with Gasteiger partial charge in [-0.15, -0.1) is 5.10 Å². The Morgan fingerprint density at radius 1 is 1.20 bits per heavy atom. The number of nitrogens with one attached hydrogen (secondary N) is 3. The van der Waals surface area contributed by atoms with Gasteiger partial charge in [-0.05, 0) is 49.4 Å². The minimum Gasteiger partial charge on any atom is -0.389 e. The van der Waals surface area contributed by atoms with Crippen molar-refractivity contribution in [3.63, 3.8) is 0 Å². The quantitative estimate of drug-likeness (QED) is 0.210. The van der Waals surface area contributed by atoms with Gasteiger partial charge in [-0.1, -0.05) is 34.5 Å². The number of anilines is 1. The Kier molecular flexibility index (Phi) is 8.00. The molecule has 4 aromatic rings. The summed E-state index contributed by atoms with van der Waals surface area (Å²) in [6.07, 6.45) is 3.67. The molecule has 1 atom stereocenters. The molecule has 1 aliphatic rings. The number of sulfone groups is 1. The van der Waals surface area contributed by atoms with Crippen molar-refractivity contribution in [2.24, 2.45) is 0 Å². The van der Waals surface area contributed by atoms with Crippen LogP contribution in [0.5, 0.6) is 0 Å². The van der Waals surface area contributed by atoms with Gasteiger partial charge in [-0.2, -0.15) is 0 Å². The fourth-order valence-corrected chi connectivity index (χ4v) is 6.54. The van der Waals surface area contributed by atoms with Crippen LogP contribution in [0.15, 0.2) is 59.8 Å². The van der Waals surface area contributed by atoms with E-state index in [-0.39, 0.29) is 44.7 Å². The number of fused-ring (bicyclic) bond motifs is 1. The van der Waals surface area contributed by atoms with E-state index in [9.17, 15) is 23.1 Å². The van der Waals surface area contributed by atoms with E-state index < -0.39 is 33.5 Å². The zero-order valence-corrected chi connectivity index (χ0v) is 23.9. The number of carbonyl (C=O) groups excluding carboxylic acids is 2. The molecule has 14 heteroatoms. The minimum absolute atomic E-state index is 0.0170. The molecule has 3 heterocycles. The smallest absolute Gasteiger partial charge is 0.256 e. The van der Waals surface area contributed by atoms with E-state index in [4.69, 9.17) is 23.2 Å². The number of hydrogen-bond acceptors (Lipinski definition) is 7. The number of hydrogen-bond donors (Lipinski definition) is 4. The molecule has 0 spiro atoms. The van der Waals surface area contributed by atoms with E-state index in [2.05, 4.69) is 25.9 Å². The fraction of sp³-hybridized carbons (Fsp3) is 0.185. The molecule has 2 amide bonds. The SMILES string of the molecule is Cc1cc(C(=O)NCC(O)Cn2ccnn2)c(/C=C2\C(=O)Nc3ccc(S(=O)(=O)Cc4c(Cl)cccc4Cl)cc32)[nH]1. The number of amides is 2. The van der Waals surface area contributed by atoms with Crippen LogP contribution in [0.1, 0.15) is 32.9 Å². The predicted octanol–water partition coefficient (Wildman–Crippen LogP) is 3.48. The summed E-state index contributed by atoms with van der Waals surface area (Å²) in [4.78, 5) is 29.0. The minimum atomic E-state index is -3.89. The highest BCUT2D eigenvalue weighted by Crippen LogP contribution is 2.36. The van der Waals surface area contributed by atoms with Gasteiger partial charge in [0.15, 0.2) is 9.84 Å². The summed E-state index contributed by atoms with van der Waals surface area (Å²) in [5.74, 6) is -1.34. The maximum atomic E-state index is 13.3. The van der Waals surface area contributed by atoms with Crippen molar-refractivity contribution in [2.75, 3.05) is 11.9 Å². The van der Waals surface area contributed by atoms with Gasteiger partial charge in [-0.25, -0.2) is 13.1 Å². The normalized spacial score (nSPS) is 14.6. The van der Waals surface area contributed by atoms with Crippen molar-refractivity contribution >= 4 is 62.2 Å². The van der Waals surface area contributed by atoms with E-state index in [0.29, 0.717) is 22.6 Å². The third kappa shape index (κ3) is 6.20. The van der Waals surface area contributed by atoms with Gasteiger partial charge >= 0.3 is 0 Å². The zero-order valence-electron chi connectivity index (χ0n) is 21.6. The molecule has 1 aliphatic heterocycles. The molecule has 0 saturated carbocycles. The third-order valence-electron chi connectivity index (χ3n) is 6.41. The van der Waals surface area contributed by atoms with Crippen molar-refractivity contribution in [1.29, 1.82) is 0 Å². The van der Waals surface area contributed by atoms with E-state index in [1.54, 1.807) is 37.4 Å². The standard InChI is InChI=1S/C27H24Cl2N6O5S/c1-15-9-20(26(37)30-12-16(36)13-35-8-7-31-34-35)25(32-15)11-19-18-10-17(5-6-24(18)33-27(19)38)41(39,40)14-21-22(28)3-2-4-23(21)29/h2-11,16,32,36H,12-14H2,1H3,(H,30,37)(H,33,38)/b19-11-. The van der Waals surface area contributed by atoms with Crippen LogP contribution in [0, 0.1) is 6.92 Å². The molecular formula is C27H24Cl2N6O5S. The number of carbonyl (C=O) groups is 2. The molecule has 0 saturated heterocycles. The van der Waals surface area contributed by atoms with E-state index in [1.165, 1.54) is 35.2 Å². The summed E-state index contributed by atoms with van der Waals surface area (Å²) in [5, 5.41) is 23.6. The molecule has 4 N–H and O–H groups in total. The Hall–Kier alpha value is -3.97. The van der Waals surface area contributed by atoms with Crippen molar-refractivity contribution in [2.45, 2.75) is 30.2 Å². The fourth-order valence-electron chi connectivity index (χ4n) is 4.42. The maximum absolute atomic E-state index is 13.3. The molecule has 41 heavy (non-hydrogen) atoms. The van der Waals surface area contributed by atoms with Crippen molar-refractivity contribution in [3.05, 3.63) is 93.0 Å². The van der Waals surface area contributed by atoms with E-state index in [1.807, 2.05) is 0 Å². The maximum Gasteiger partial charge on any atom is 0.256 e. The van der Waals surface area contributed by atoms with Crippen LogP contribution in [0.3, 0.4) is 0 Å². The van der Waals surface area contributed by atoms with Gasteiger partial charge in [-0.3, -0.25) is 9.59 Å². The summed E-state index contributed by atoms with van der Waals surface area (Å²) in [6, 6.07) is 10.7. The topological polar surface area (TPSA) is 159 Å². The molecule has 1 unspecified atom stereocenters. The first-order valence-electron chi connectivity index (χ1n) is 12.3. The monoisotopic (exact) mass is 614 g/mol. The number of benzene rings is 2. The molecule has 2 aromatic carbocycles.